The lowest BCUT2D eigenvalue weighted by atomic mass is 10.1. The van der Waals surface area contributed by atoms with Gasteiger partial charge in [0.05, 0.1) is 5.69 Å². The normalized spacial score (nSPS) is 12.7. The number of nitrogens with two attached hydrogens (primary N) is 1. The maximum absolute atomic E-state index is 5.94. The Balaban J connectivity index is 2.29. The van der Waals surface area contributed by atoms with Gasteiger partial charge in [0.25, 0.3) is 5.22 Å². The number of oxazole rings is 1. The van der Waals surface area contributed by atoms with Crippen LogP contribution in [0, 0.1) is 13.8 Å². The third-order valence-corrected chi connectivity index (χ3v) is 3.56. The molecular formula is C13H16N2OS. The van der Waals surface area contributed by atoms with Crippen LogP contribution in [-0.2, 0) is 0 Å². The molecule has 0 aliphatic heterocycles. The van der Waals surface area contributed by atoms with Gasteiger partial charge in [-0.25, -0.2) is 4.98 Å². The zero-order valence-electron chi connectivity index (χ0n) is 10.2. The minimum absolute atomic E-state index is 0.0101. The van der Waals surface area contributed by atoms with E-state index in [4.69, 9.17) is 10.2 Å². The zero-order valence-corrected chi connectivity index (χ0v) is 11.0. The van der Waals surface area contributed by atoms with Crippen LogP contribution in [0.2, 0.25) is 0 Å². The minimum Gasteiger partial charge on any atom is -0.436 e. The summed E-state index contributed by atoms with van der Waals surface area (Å²) in [6.07, 6.45) is 0. The lowest BCUT2D eigenvalue weighted by Gasteiger charge is -2.09. The molecule has 0 aliphatic rings. The highest BCUT2D eigenvalue weighted by molar-refractivity contribution is 7.99. The smallest absolute Gasteiger partial charge is 0.261 e. The van der Waals surface area contributed by atoms with Crippen molar-refractivity contribution in [3.05, 3.63) is 41.3 Å². The summed E-state index contributed by atoms with van der Waals surface area (Å²) in [6, 6.07) is 8.08. The van der Waals surface area contributed by atoms with E-state index in [2.05, 4.69) is 4.98 Å². The molecule has 0 saturated carbocycles. The summed E-state index contributed by atoms with van der Waals surface area (Å²) >= 11 is 1.52. The van der Waals surface area contributed by atoms with Crippen molar-refractivity contribution in [3.8, 4) is 0 Å². The standard InChI is InChI=1S/C13H16N2OS/c1-8(14)11-6-4-5-7-12(11)17-13-15-9(2)10(3)16-13/h4-8H,14H2,1-3H3/t8-/m0/s1. The van der Waals surface area contributed by atoms with E-state index < -0.39 is 0 Å². The fourth-order valence-corrected chi connectivity index (χ4v) is 2.59. The lowest BCUT2D eigenvalue weighted by molar-refractivity contribution is 0.431. The Morgan fingerprint density at radius 3 is 2.59 bits per heavy atom. The number of benzene rings is 1. The average Bonchev–Trinajstić information content (AvgIpc) is 2.58. The minimum atomic E-state index is 0.0101. The Morgan fingerprint density at radius 2 is 2.00 bits per heavy atom. The molecule has 2 N–H and O–H groups in total. The van der Waals surface area contributed by atoms with Gasteiger partial charge in [0, 0.05) is 10.9 Å². The molecule has 1 aromatic heterocycles. The number of aromatic nitrogens is 1. The highest BCUT2D eigenvalue weighted by Crippen LogP contribution is 2.32. The molecule has 0 aliphatic carbocycles. The van der Waals surface area contributed by atoms with Crippen molar-refractivity contribution >= 4 is 11.8 Å². The number of nitrogens with zero attached hydrogens (tertiary/aromatic N) is 1. The van der Waals surface area contributed by atoms with E-state index in [9.17, 15) is 0 Å². The zero-order chi connectivity index (χ0) is 12.4. The summed E-state index contributed by atoms with van der Waals surface area (Å²) in [5, 5.41) is 0.674. The van der Waals surface area contributed by atoms with Crippen LogP contribution in [0.15, 0.2) is 38.8 Å². The average molecular weight is 248 g/mol. The molecule has 3 nitrogen and oxygen atoms in total. The quantitative estimate of drug-likeness (QED) is 0.903. The summed E-state index contributed by atoms with van der Waals surface area (Å²) in [5.74, 6) is 0.866. The molecule has 0 radical (unpaired) electrons. The summed E-state index contributed by atoms with van der Waals surface area (Å²) < 4.78 is 5.56. The summed E-state index contributed by atoms with van der Waals surface area (Å²) in [4.78, 5) is 5.46. The van der Waals surface area contributed by atoms with E-state index in [1.807, 2.05) is 45.0 Å². The lowest BCUT2D eigenvalue weighted by Crippen LogP contribution is -2.05. The Bertz CT molecular complexity index is 500. The van der Waals surface area contributed by atoms with Crippen LogP contribution in [0.1, 0.15) is 30.0 Å². The Labute approximate surface area is 105 Å². The van der Waals surface area contributed by atoms with Crippen LogP contribution in [0.3, 0.4) is 0 Å². The van der Waals surface area contributed by atoms with E-state index in [0.29, 0.717) is 5.22 Å². The van der Waals surface area contributed by atoms with Gasteiger partial charge >= 0.3 is 0 Å². The van der Waals surface area contributed by atoms with Gasteiger partial charge in [-0.15, -0.1) is 0 Å². The molecule has 0 spiro atoms. The van der Waals surface area contributed by atoms with Crippen molar-refractivity contribution in [1.29, 1.82) is 0 Å². The molecule has 1 atom stereocenters. The van der Waals surface area contributed by atoms with Crippen LogP contribution in [0.4, 0.5) is 0 Å². The molecule has 0 unspecified atom stereocenters. The summed E-state index contributed by atoms with van der Waals surface area (Å²) in [5.41, 5.74) is 7.99. The number of hydrogen-bond donors (Lipinski definition) is 1. The second-order valence-corrected chi connectivity index (χ2v) is 5.04. The number of rotatable bonds is 3. The van der Waals surface area contributed by atoms with Crippen LogP contribution < -0.4 is 5.73 Å². The Hall–Kier alpha value is -1.26. The van der Waals surface area contributed by atoms with E-state index in [1.54, 1.807) is 0 Å². The van der Waals surface area contributed by atoms with Crippen LogP contribution >= 0.6 is 11.8 Å². The summed E-state index contributed by atoms with van der Waals surface area (Å²) in [7, 11) is 0. The van der Waals surface area contributed by atoms with Gasteiger partial charge < -0.3 is 10.2 Å². The molecule has 2 rings (SSSR count). The Kier molecular flexibility index (Phi) is 3.54. The molecule has 17 heavy (non-hydrogen) atoms. The van der Waals surface area contributed by atoms with Gasteiger partial charge in [0.15, 0.2) is 0 Å². The second kappa shape index (κ2) is 4.94. The molecule has 1 heterocycles. The first-order valence-corrected chi connectivity index (χ1v) is 6.36. The van der Waals surface area contributed by atoms with Crippen molar-refractivity contribution in [2.24, 2.45) is 5.73 Å². The summed E-state index contributed by atoms with van der Waals surface area (Å²) in [6.45, 7) is 5.84. The maximum Gasteiger partial charge on any atom is 0.261 e. The highest BCUT2D eigenvalue weighted by Gasteiger charge is 2.11. The molecule has 1 aromatic carbocycles. The molecular weight excluding hydrogens is 232 g/mol. The van der Waals surface area contributed by atoms with E-state index in [-0.39, 0.29) is 6.04 Å². The fraction of sp³-hybridized carbons (Fsp3) is 0.308. The SMILES string of the molecule is Cc1nc(Sc2ccccc2[C@H](C)N)oc1C. The predicted octanol–water partition coefficient (Wildman–Crippen LogP) is 3.46. The van der Waals surface area contributed by atoms with Gasteiger partial charge in [-0.2, -0.15) is 0 Å². The van der Waals surface area contributed by atoms with Gasteiger partial charge in [-0.3, -0.25) is 0 Å². The van der Waals surface area contributed by atoms with Crippen LogP contribution in [0.5, 0.6) is 0 Å². The first kappa shape index (κ1) is 12.2. The van der Waals surface area contributed by atoms with E-state index >= 15 is 0 Å². The maximum atomic E-state index is 5.94. The molecule has 4 heteroatoms. The van der Waals surface area contributed by atoms with Crippen molar-refractivity contribution in [1.82, 2.24) is 4.98 Å². The largest absolute Gasteiger partial charge is 0.436 e. The number of hydrogen-bond acceptors (Lipinski definition) is 4. The van der Waals surface area contributed by atoms with Crippen molar-refractivity contribution in [3.63, 3.8) is 0 Å². The van der Waals surface area contributed by atoms with Gasteiger partial charge in [-0.05, 0) is 44.2 Å². The van der Waals surface area contributed by atoms with Crippen molar-refractivity contribution in [2.45, 2.75) is 36.9 Å². The molecule has 2 aromatic rings. The van der Waals surface area contributed by atoms with Crippen molar-refractivity contribution in [2.75, 3.05) is 0 Å². The molecule has 0 saturated heterocycles. The molecule has 0 amide bonds. The first-order valence-electron chi connectivity index (χ1n) is 5.54. The van der Waals surface area contributed by atoms with Gasteiger partial charge in [-0.1, -0.05) is 18.2 Å². The molecule has 0 bridgehead atoms. The third-order valence-electron chi connectivity index (χ3n) is 2.62. The highest BCUT2D eigenvalue weighted by atomic mass is 32.2. The topological polar surface area (TPSA) is 52.0 Å². The fourth-order valence-electron chi connectivity index (χ4n) is 1.53. The van der Waals surface area contributed by atoms with E-state index in [1.165, 1.54) is 11.8 Å². The van der Waals surface area contributed by atoms with Crippen LogP contribution in [-0.4, -0.2) is 4.98 Å². The molecule has 0 fully saturated rings. The first-order chi connectivity index (χ1) is 8.08. The van der Waals surface area contributed by atoms with E-state index in [0.717, 1.165) is 21.9 Å². The van der Waals surface area contributed by atoms with Crippen molar-refractivity contribution < 1.29 is 4.42 Å². The second-order valence-electron chi connectivity index (χ2n) is 4.05. The van der Waals surface area contributed by atoms with Gasteiger partial charge in [0.2, 0.25) is 0 Å². The third kappa shape index (κ3) is 2.70. The number of aryl methyl sites for hydroxylation is 2. The van der Waals surface area contributed by atoms with Gasteiger partial charge in [0.1, 0.15) is 5.76 Å². The molecule has 90 valence electrons. The predicted molar refractivity (Wildman–Crippen MR) is 69.1 cm³/mol. The monoisotopic (exact) mass is 248 g/mol. The van der Waals surface area contributed by atoms with Crippen LogP contribution in [0.25, 0.3) is 0 Å². The Morgan fingerprint density at radius 1 is 1.29 bits per heavy atom.